The van der Waals surface area contributed by atoms with E-state index in [-0.39, 0.29) is 23.6 Å². The monoisotopic (exact) mass is 456 g/mol. The molecule has 1 atom stereocenters. The van der Waals surface area contributed by atoms with E-state index in [1.54, 1.807) is 41.7 Å². The average Bonchev–Trinajstić information content (AvgIpc) is 3.53. The van der Waals surface area contributed by atoms with Gasteiger partial charge in [-0.05, 0) is 54.6 Å². The van der Waals surface area contributed by atoms with Gasteiger partial charge in [0.15, 0.2) is 11.5 Å². The third kappa shape index (κ3) is 3.86. The lowest BCUT2D eigenvalue weighted by molar-refractivity contribution is 0.0737. The Morgan fingerprint density at radius 3 is 2.77 bits per heavy atom. The quantitative estimate of drug-likeness (QED) is 0.620. The minimum absolute atomic E-state index is 0.0305. The molecule has 160 valence electrons. The highest BCUT2D eigenvalue weighted by Crippen LogP contribution is 2.36. The number of hydrogen-bond acceptors (Lipinski definition) is 6. The van der Waals surface area contributed by atoms with Gasteiger partial charge in [-0.1, -0.05) is 12.1 Å². The van der Waals surface area contributed by atoms with Gasteiger partial charge in [0.05, 0.1) is 16.6 Å². The van der Waals surface area contributed by atoms with Crippen LogP contribution in [0.15, 0.2) is 64.9 Å². The highest BCUT2D eigenvalue weighted by atomic mass is 32.2. The molecule has 31 heavy (non-hydrogen) atoms. The molecular formula is C22H20N2O5S2. The molecule has 0 bridgehead atoms. The first-order chi connectivity index (χ1) is 15.0. The molecular weight excluding hydrogens is 436 g/mol. The van der Waals surface area contributed by atoms with E-state index in [0.717, 1.165) is 17.7 Å². The van der Waals surface area contributed by atoms with E-state index < -0.39 is 10.0 Å². The van der Waals surface area contributed by atoms with Crippen LogP contribution >= 0.6 is 11.3 Å². The minimum Gasteiger partial charge on any atom is -0.454 e. The summed E-state index contributed by atoms with van der Waals surface area (Å²) in [6.07, 6.45) is 1.84. The summed E-state index contributed by atoms with van der Waals surface area (Å²) in [5, 5.41) is 2.01. The number of benzene rings is 2. The van der Waals surface area contributed by atoms with Gasteiger partial charge in [-0.15, -0.1) is 11.3 Å². The Hall–Kier alpha value is -3.04. The first-order valence-electron chi connectivity index (χ1n) is 9.88. The van der Waals surface area contributed by atoms with Crippen LogP contribution in [0.2, 0.25) is 0 Å². The number of sulfonamides is 1. The molecule has 2 aromatic carbocycles. The summed E-state index contributed by atoms with van der Waals surface area (Å²) >= 11 is 1.63. The number of nitrogens with zero attached hydrogens (tertiary/aromatic N) is 1. The Labute approximate surface area is 184 Å². The zero-order valence-corrected chi connectivity index (χ0v) is 18.1. The van der Waals surface area contributed by atoms with Gasteiger partial charge in [-0.3, -0.25) is 9.52 Å². The predicted octanol–water partition coefficient (Wildman–Crippen LogP) is 4.25. The van der Waals surface area contributed by atoms with Gasteiger partial charge in [-0.25, -0.2) is 8.42 Å². The molecule has 3 heterocycles. The Morgan fingerprint density at radius 2 is 1.94 bits per heavy atom. The van der Waals surface area contributed by atoms with Gasteiger partial charge in [0.1, 0.15) is 0 Å². The standard InChI is InChI=1S/C22H20N2O5S2/c25-22(24-10-2-6-18(24)21-7-3-11-30-21)15-4-1-5-17(12-15)31(26,27)23-16-8-9-19-20(13-16)29-14-28-19/h1,3-5,7-9,11-13,18,23H,2,6,10,14H2/t18-/m0/s1. The number of carbonyl (C=O) groups is 1. The van der Waals surface area contributed by atoms with Crippen molar-refractivity contribution in [1.82, 2.24) is 4.90 Å². The Morgan fingerprint density at radius 1 is 1.06 bits per heavy atom. The van der Waals surface area contributed by atoms with Crippen molar-refractivity contribution in [2.24, 2.45) is 0 Å². The normalized spacial score (nSPS) is 17.7. The van der Waals surface area contributed by atoms with Crippen LogP contribution < -0.4 is 14.2 Å². The van der Waals surface area contributed by atoms with E-state index in [1.165, 1.54) is 12.1 Å². The van der Waals surface area contributed by atoms with E-state index in [9.17, 15) is 13.2 Å². The lowest BCUT2D eigenvalue weighted by Gasteiger charge is -2.24. The summed E-state index contributed by atoms with van der Waals surface area (Å²) in [4.78, 5) is 16.2. The van der Waals surface area contributed by atoms with E-state index in [2.05, 4.69) is 4.72 Å². The van der Waals surface area contributed by atoms with E-state index in [0.29, 0.717) is 29.3 Å². The van der Waals surface area contributed by atoms with Crippen molar-refractivity contribution in [3.63, 3.8) is 0 Å². The predicted molar refractivity (Wildman–Crippen MR) is 117 cm³/mol. The van der Waals surface area contributed by atoms with Gasteiger partial charge in [0.2, 0.25) is 6.79 Å². The molecule has 2 aliphatic heterocycles. The van der Waals surface area contributed by atoms with Crippen LogP contribution in [-0.4, -0.2) is 32.6 Å². The Balaban J connectivity index is 1.38. The van der Waals surface area contributed by atoms with Crippen LogP contribution in [0, 0.1) is 0 Å². The molecule has 1 fully saturated rings. The van der Waals surface area contributed by atoms with Crippen LogP contribution in [0.1, 0.15) is 34.1 Å². The van der Waals surface area contributed by atoms with Crippen molar-refractivity contribution in [2.45, 2.75) is 23.8 Å². The van der Waals surface area contributed by atoms with Gasteiger partial charge in [0.25, 0.3) is 15.9 Å². The van der Waals surface area contributed by atoms with Crippen molar-refractivity contribution < 1.29 is 22.7 Å². The summed E-state index contributed by atoms with van der Waals surface area (Å²) in [5.74, 6) is 0.898. The number of thiophene rings is 1. The molecule has 7 nitrogen and oxygen atoms in total. The molecule has 3 aromatic rings. The van der Waals surface area contributed by atoms with Crippen molar-refractivity contribution in [3.8, 4) is 11.5 Å². The second-order valence-electron chi connectivity index (χ2n) is 7.37. The molecule has 0 radical (unpaired) electrons. The van der Waals surface area contributed by atoms with Crippen LogP contribution in [0.25, 0.3) is 0 Å². The zero-order chi connectivity index (χ0) is 21.4. The molecule has 1 N–H and O–H groups in total. The SMILES string of the molecule is O=C(c1cccc(S(=O)(=O)Nc2ccc3c(c2)OCO3)c1)N1CCC[C@H]1c1cccs1. The summed E-state index contributed by atoms with van der Waals surface area (Å²) in [7, 11) is -3.88. The third-order valence-corrected chi connectivity index (χ3v) is 7.75. The van der Waals surface area contributed by atoms with Crippen molar-refractivity contribution in [3.05, 3.63) is 70.4 Å². The van der Waals surface area contributed by atoms with Crippen LogP contribution in [-0.2, 0) is 10.0 Å². The topological polar surface area (TPSA) is 84.9 Å². The molecule has 1 amide bonds. The molecule has 9 heteroatoms. The van der Waals surface area contributed by atoms with Crippen LogP contribution in [0.4, 0.5) is 5.69 Å². The van der Waals surface area contributed by atoms with E-state index in [4.69, 9.17) is 9.47 Å². The number of likely N-dealkylation sites (tertiary alicyclic amines) is 1. The maximum atomic E-state index is 13.2. The fraction of sp³-hybridized carbons (Fsp3) is 0.227. The van der Waals surface area contributed by atoms with Gasteiger partial charge < -0.3 is 14.4 Å². The number of ether oxygens (including phenoxy) is 2. The molecule has 0 spiro atoms. The number of anilines is 1. The van der Waals surface area contributed by atoms with Gasteiger partial charge in [0, 0.05) is 23.1 Å². The highest BCUT2D eigenvalue weighted by molar-refractivity contribution is 7.92. The molecule has 0 saturated carbocycles. The van der Waals surface area contributed by atoms with E-state index >= 15 is 0 Å². The zero-order valence-electron chi connectivity index (χ0n) is 16.5. The Kier molecular flexibility index (Phi) is 5.07. The van der Waals surface area contributed by atoms with Crippen molar-refractivity contribution in [1.29, 1.82) is 0 Å². The van der Waals surface area contributed by atoms with Crippen molar-refractivity contribution in [2.75, 3.05) is 18.1 Å². The molecule has 5 rings (SSSR count). The summed E-state index contributed by atoms with van der Waals surface area (Å²) in [5.41, 5.74) is 0.718. The largest absolute Gasteiger partial charge is 0.454 e. The molecule has 2 aliphatic rings. The lowest BCUT2D eigenvalue weighted by Crippen LogP contribution is -2.30. The fourth-order valence-corrected chi connectivity index (χ4v) is 5.89. The number of rotatable bonds is 5. The number of nitrogens with one attached hydrogen (secondary N) is 1. The number of hydrogen-bond donors (Lipinski definition) is 1. The number of amides is 1. The molecule has 0 unspecified atom stereocenters. The van der Waals surface area contributed by atoms with Crippen LogP contribution in [0.3, 0.4) is 0 Å². The summed E-state index contributed by atoms with van der Waals surface area (Å²) in [6, 6.07) is 15.1. The maximum Gasteiger partial charge on any atom is 0.261 e. The van der Waals surface area contributed by atoms with Gasteiger partial charge >= 0.3 is 0 Å². The average molecular weight is 457 g/mol. The maximum absolute atomic E-state index is 13.2. The first kappa shape index (κ1) is 19.9. The highest BCUT2D eigenvalue weighted by Gasteiger charge is 2.31. The minimum atomic E-state index is -3.88. The third-order valence-electron chi connectivity index (χ3n) is 5.40. The number of carbonyl (C=O) groups excluding carboxylic acids is 1. The summed E-state index contributed by atoms with van der Waals surface area (Å²) < 4.78 is 39.0. The Bertz CT molecular complexity index is 1220. The van der Waals surface area contributed by atoms with E-state index in [1.807, 2.05) is 22.4 Å². The second kappa shape index (κ2) is 7.90. The smallest absolute Gasteiger partial charge is 0.261 e. The first-order valence-corrected chi connectivity index (χ1v) is 12.2. The molecule has 1 saturated heterocycles. The van der Waals surface area contributed by atoms with Gasteiger partial charge in [-0.2, -0.15) is 0 Å². The fourth-order valence-electron chi connectivity index (χ4n) is 3.92. The molecule has 1 aromatic heterocycles. The summed E-state index contributed by atoms with van der Waals surface area (Å²) in [6.45, 7) is 0.770. The molecule has 0 aliphatic carbocycles. The number of fused-ring (bicyclic) bond motifs is 1. The van der Waals surface area contributed by atoms with Crippen LogP contribution in [0.5, 0.6) is 11.5 Å². The van der Waals surface area contributed by atoms with Crippen molar-refractivity contribution >= 4 is 33.0 Å². The lowest BCUT2D eigenvalue weighted by atomic mass is 10.1. The second-order valence-corrected chi connectivity index (χ2v) is 10.0.